The number of esters is 1. The zero-order valence-corrected chi connectivity index (χ0v) is 13.1. The number of methoxy groups -OCH3 is 1. The van der Waals surface area contributed by atoms with Crippen LogP contribution in [0.4, 0.5) is 5.69 Å². The number of rotatable bonds is 4. The predicted octanol–water partition coefficient (Wildman–Crippen LogP) is 3.62. The summed E-state index contributed by atoms with van der Waals surface area (Å²) in [5.41, 5.74) is 2.53. The average Bonchev–Trinajstić information content (AvgIpc) is 2.48. The van der Waals surface area contributed by atoms with Crippen molar-refractivity contribution in [2.24, 2.45) is 0 Å². The lowest BCUT2D eigenvalue weighted by molar-refractivity contribution is -0.115. The van der Waals surface area contributed by atoms with E-state index in [2.05, 4.69) is 5.32 Å². The van der Waals surface area contributed by atoms with Crippen molar-refractivity contribution >= 4 is 29.2 Å². The summed E-state index contributed by atoms with van der Waals surface area (Å²) in [6.45, 7) is 1.77. The molecule has 0 fully saturated rings. The molecule has 0 unspecified atom stereocenters. The highest BCUT2D eigenvalue weighted by atomic mass is 35.5. The molecule has 0 aliphatic heterocycles. The summed E-state index contributed by atoms with van der Waals surface area (Å²) in [6, 6.07) is 12.3. The van der Waals surface area contributed by atoms with Crippen LogP contribution in [0, 0.1) is 6.92 Å². The summed E-state index contributed by atoms with van der Waals surface area (Å²) in [6.07, 6.45) is 0.211. The summed E-state index contributed by atoms with van der Waals surface area (Å²) in [4.78, 5) is 23.8. The molecule has 1 N–H and O–H groups in total. The lowest BCUT2D eigenvalue weighted by Crippen LogP contribution is -2.16. The molecule has 0 heterocycles. The first-order valence-electron chi connectivity index (χ1n) is 6.73. The van der Waals surface area contributed by atoms with Gasteiger partial charge in [-0.05, 0) is 42.3 Å². The molecule has 0 atom stereocenters. The van der Waals surface area contributed by atoms with E-state index in [1.165, 1.54) is 7.11 Å². The van der Waals surface area contributed by atoms with Crippen molar-refractivity contribution in [3.8, 4) is 0 Å². The van der Waals surface area contributed by atoms with E-state index < -0.39 is 5.97 Å². The third-order valence-corrected chi connectivity index (χ3v) is 3.50. The standard InChI is InChI=1S/C17H16ClNO3/c1-11-14(17(21)22-2)7-4-8-15(11)19-16(20)10-12-5-3-6-13(18)9-12/h3-9H,10H2,1-2H3,(H,19,20). The molecule has 0 saturated carbocycles. The van der Waals surface area contributed by atoms with E-state index in [4.69, 9.17) is 16.3 Å². The van der Waals surface area contributed by atoms with Crippen LogP contribution >= 0.6 is 11.6 Å². The Morgan fingerprint density at radius 1 is 1.18 bits per heavy atom. The molecule has 0 saturated heterocycles. The Balaban J connectivity index is 2.13. The normalized spacial score (nSPS) is 10.1. The number of nitrogens with one attached hydrogen (secondary N) is 1. The van der Waals surface area contributed by atoms with Crippen LogP contribution < -0.4 is 5.32 Å². The number of ether oxygens (including phenoxy) is 1. The molecule has 0 aliphatic carbocycles. The Morgan fingerprint density at radius 3 is 2.59 bits per heavy atom. The van der Waals surface area contributed by atoms with E-state index in [1.807, 2.05) is 6.07 Å². The molecule has 0 bridgehead atoms. The van der Waals surface area contributed by atoms with E-state index in [1.54, 1.807) is 43.3 Å². The quantitative estimate of drug-likeness (QED) is 0.876. The molecular weight excluding hydrogens is 302 g/mol. The highest BCUT2D eigenvalue weighted by Crippen LogP contribution is 2.20. The molecule has 22 heavy (non-hydrogen) atoms. The van der Waals surface area contributed by atoms with Crippen molar-refractivity contribution in [2.75, 3.05) is 12.4 Å². The number of benzene rings is 2. The number of anilines is 1. The van der Waals surface area contributed by atoms with Crippen LogP contribution in [0.3, 0.4) is 0 Å². The lowest BCUT2D eigenvalue weighted by Gasteiger charge is -2.11. The van der Waals surface area contributed by atoms with Crippen molar-refractivity contribution in [3.63, 3.8) is 0 Å². The van der Waals surface area contributed by atoms with Crippen LogP contribution in [-0.2, 0) is 16.0 Å². The molecule has 4 nitrogen and oxygen atoms in total. The van der Waals surface area contributed by atoms with Crippen molar-refractivity contribution in [3.05, 3.63) is 64.2 Å². The third kappa shape index (κ3) is 3.86. The van der Waals surface area contributed by atoms with Crippen LogP contribution in [0.1, 0.15) is 21.5 Å². The molecule has 1 amide bonds. The second-order valence-corrected chi connectivity index (χ2v) is 5.26. The average molecular weight is 318 g/mol. The first-order chi connectivity index (χ1) is 10.5. The van der Waals surface area contributed by atoms with Crippen LogP contribution in [0.5, 0.6) is 0 Å². The molecule has 0 aliphatic rings. The van der Waals surface area contributed by atoms with E-state index in [0.29, 0.717) is 21.8 Å². The van der Waals surface area contributed by atoms with Gasteiger partial charge < -0.3 is 10.1 Å². The summed E-state index contributed by atoms with van der Waals surface area (Å²) in [5, 5.41) is 3.40. The minimum absolute atomic E-state index is 0.174. The Labute approximate surface area is 134 Å². The van der Waals surface area contributed by atoms with Gasteiger partial charge in [0.25, 0.3) is 0 Å². The van der Waals surface area contributed by atoms with Gasteiger partial charge in [-0.2, -0.15) is 0 Å². The monoisotopic (exact) mass is 317 g/mol. The third-order valence-electron chi connectivity index (χ3n) is 3.27. The van der Waals surface area contributed by atoms with Gasteiger partial charge in [-0.25, -0.2) is 4.79 Å². The zero-order valence-electron chi connectivity index (χ0n) is 12.4. The van der Waals surface area contributed by atoms with Crippen LogP contribution in [0.25, 0.3) is 0 Å². The maximum absolute atomic E-state index is 12.1. The maximum atomic E-state index is 12.1. The number of hydrogen-bond acceptors (Lipinski definition) is 3. The zero-order chi connectivity index (χ0) is 16.1. The first kappa shape index (κ1) is 16.0. The van der Waals surface area contributed by atoms with E-state index >= 15 is 0 Å². The molecule has 0 radical (unpaired) electrons. The first-order valence-corrected chi connectivity index (χ1v) is 7.11. The van der Waals surface area contributed by atoms with Gasteiger partial charge in [0.1, 0.15) is 0 Å². The van der Waals surface area contributed by atoms with Crippen LogP contribution in [0.2, 0.25) is 5.02 Å². The molecule has 2 rings (SSSR count). The minimum Gasteiger partial charge on any atom is -0.465 e. The molecule has 2 aromatic carbocycles. The number of carbonyl (C=O) groups is 2. The Kier molecular flexibility index (Phi) is 5.17. The molecule has 2 aromatic rings. The smallest absolute Gasteiger partial charge is 0.338 e. The molecule has 114 valence electrons. The highest BCUT2D eigenvalue weighted by molar-refractivity contribution is 6.30. The fourth-order valence-corrected chi connectivity index (χ4v) is 2.34. The van der Waals surface area contributed by atoms with Gasteiger partial charge >= 0.3 is 5.97 Å². The fourth-order valence-electron chi connectivity index (χ4n) is 2.13. The van der Waals surface area contributed by atoms with Crippen molar-refractivity contribution < 1.29 is 14.3 Å². The number of halogens is 1. The predicted molar refractivity (Wildman–Crippen MR) is 86.3 cm³/mol. The highest BCUT2D eigenvalue weighted by Gasteiger charge is 2.13. The molecular formula is C17H16ClNO3. The van der Waals surface area contributed by atoms with Crippen molar-refractivity contribution in [1.82, 2.24) is 0 Å². The van der Waals surface area contributed by atoms with Crippen molar-refractivity contribution in [2.45, 2.75) is 13.3 Å². The topological polar surface area (TPSA) is 55.4 Å². The van der Waals surface area contributed by atoms with Crippen molar-refractivity contribution in [1.29, 1.82) is 0 Å². The SMILES string of the molecule is COC(=O)c1cccc(NC(=O)Cc2cccc(Cl)c2)c1C. The fraction of sp³-hybridized carbons (Fsp3) is 0.176. The Morgan fingerprint density at radius 2 is 1.91 bits per heavy atom. The van der Waals surface area contributed by atoms with Gasteiger partial charge in [-0.15, -0.1) is 0 Å². The van der Waals surface area contributed by atoms with Gasteiger partial charge in [-0.3, -0.25) is 4.79 Å². The molecule has 0 spiro atoms. The van der Waals surface area contributed by atoms with E-state index in [-0.39, 0.29) is 12.3 Å². The summed E-state index contributed by atoms with van der Waals surface area (Å²) >= 11 is 5.90. The van der Waals surface area contributed by atoms with Gasteiger partial charge in [0.05, 0.1) is 19.1 Å². The number of amides is 1. The van der Waals surface area contributed by atoms with E-state index in [9.17, 15) is 9.59 Å². The number of hydrogen-bond donors (Lipinski definition) is 1. The molecule has 0 aromatic heterocycles. The second-order valence-electron chi connectivity index (χ2n) is 4.82. The van der Waals surface area contributed by atoms with Crippen LogP contribution in [-0.4, -0.2) is 19.0 Å². The van der Waals surface area contributed by atoms with Gasteiger partial charge in [0.2, 0.25) is 5.91 Å². The van der Waals surface area contributed by atoms with Crippen LogP contribution in [0.15, 0.2) is 42.5 Å². The summed E-state index contributed by atoms with van der Waals surface area (Å²) < 4.78 is 4.72. The minimum atomic E-state index is -0.427. The largest absolute Gasteiger partial charge is 0.465 e. The van der Waals surface area contributed by atoms with Gasteiger partial charge in [-0.1, -0.05) is 29.8 Å². The maximum Gasteiger partial charge on any atom is 0.338 e. The Hall–Kier alpha value is -2.33. The van der Waals surface area contributed by atoms with E-state index in [0.717, 1.165) is 5.56 Å². The summed E-state index contributed by atoms with van der Waals surface area (Å²) in [5.74, 6) is -0.601. The lowest BCUT2D eigenvalue weighted by atomic mass is 10.1. The summed E-state index contributed by atoms with van der Waals surface area (Å²) in [7, 11) is 1.33. The second kappa shape index (κ2) is 7.09. The van der Waals surface area contributed by atoms with Gasteiger partial charge in [0.15, 0.2) is 0 Å². The van der Waals surface area contributed by atoms with Gasteiger partial charge in [0, 0.05) is 10.7 Å². The molecule has 5 heteroatoms. The number of carbonyl (C=O) groups excluding carboxylic acids is 2. The Bertz CT molecular complexity index is 713.